The van der Waals surface area contributed by atoms with Crippen molar-refractivity contribution < 1.29 is 9.13 Å². The molecule has 6 heteroatoms. The molecule has 2 aromatic carbocycles. The molecule has 0 aromatic heterocycles. The van der Waals surface area contributed by atoms with Gasteiger partial charge < -0.3 is 10.5 Å². The zero-order valence-electron chi connectivity index (χ0n) is 8.88. The van der Waals surface area contributed by atoms with Gasteiger partial charge in [-0.2, -0.15) is 0 Å². The minimum atomic E-state index is -0.370. The largest absolute Gasteiger partial charge is 0.454 e. The van der Waals surface area contributed by atoms with Crippen LogP contribution in [0.1, 0.15) is 0 Å². The summed E-state index contributed by atoms with van der Waals surface area (Å²) in [7, 11) is 0. The number of nitrogens with two attached hydrogens (primary N) is 1. The lowest BCUT2D eigenvalue weighted by Gasteiger charge is -2.11. The molecule has 0 atom stereocenters. The highest BCUT2D eigenvalue weighted by molar-refractivity contribution is 14.1. The monoisotopic (exact) mass is 441 g/mol. The number of hydrogen-bond donors (Lipinski definition) is 1. The second-order valence-corrected chi connectivity index (χ2v) is 5.93. The van der Waals surface area contributed by atoms with Crippen molar-refractivity contribution in [2.45, 2.75) is 0 Å². The van der Waals surface area contributed by atoms with E-state index in [4.69, 9.17) is 22.1 Å². The SMILES string of the molecule is Nc1cc(I)c(F)cc1Oc1ccc(Cl)cc1Br. The molecule has 18 heavy (non-hydrogen) atoms. The van der Waals surface area contributed by atoms with Crippen LogP contribution in [0.2, 0.25) is 5.02 Å². The van der Waals surface area contributed by atoms with Crippen LogP contribution in [0.5, 0.6) is 11.5 Å². The van der Waals surface area contributed by atoms with Crippen molar-refractivity contribution in [2.75, 3.05) is 5.73 Å². The third-order valence-electron chi connectivity index (χ3n) is 2.17. The van der Waals surface area contributed by atoms with Gasteiger partial charge in [0.2, 0.25) is 0 Å². The van der Waals surface area contributed by atoms with Crippen molar-refractivity contribution in [1.29, 1.82) is 0 Å². The van der Waals surface area contributed by atoms with E-state index in [1.165, 1.54) is 12.1 Å². The molecule has 0 radical (unpaired) electrons. The lowest BCUT2D eigenvalue weighted by atomic mass is 10.3. The van der Waals surface area contributed by atoms with Crippen LogP contribution in [0.3, 0.4) is 0 Å². The molecular weight excluding hydrogens is 435 g/mol. The number of hydrogen-bond acceptors (Lipinski definition) is 2. The maximum Gasteiger partial charge on any atom is 0.153 e. The summed E-state index contributed by atoms with van der Waals surface area (Å²) in [4.78, 5) is 0. The van der Waals surface area contributed by atoms with Crippen LogP contribution in [-0.2, 0) is 0 Å². The molecule has 0 spiro atoms. The average molecular weight is 442 g/mol. The zero-order chi connectivity index (χ0) is 13.3. The third kappa shape index (κ3) is 3.07. The van der Waals surface area contributed by atoms with Crippen molar-refractivity contribution in [1.82, 2.24) is 0 Å². The first-order valence-corrected chi connectivity index (χ1v) is 7.10. The first-order valence-electron chi connectivity index (χ1n) is 4.85. The lowest BCUT2D eigenvalue weighted by Crippen LogP contribution is -1.95. The predicted molar refractivity (Wildman–Crippen MR) is 82.8 cm³/mol. The van der Waals surface area contributed by atoms with E-state index in [0.717, 1.165) is 0 Å². The van der Waals surface area contributed by atoms with Gasteiger partial charge in [-0.1, -0.05) is 11.6 Å². The fraction of sp³-hybridized carbons (Fsp3) is 0. The lowest BCUT2D eigenvalue weighted by molar-refractivity contribution is 0.476. The average Bonchev–Trinajstić information content (AvgIpc) is 2.29. The smallest absolute Gasteiger partial charge is 0.153 e. The van der Waals surface area contributed by atoms with Crippen molar-refractivity contribution in [3.8, 4) is 11.5 Å². The maximum atomic E-state index is 13.5. The Morgan fingerprint density at radius 2 is 1.94 bits per heavy atom. The second kappa shape index (κ2) is 5.63. The fourth-order valence-electron chi connectivity index (χ4n) is 1.31. The predicted octanol–water partition coefficient (Wildman–Crippen LogP) is 5.22. The van der Waals surface area contributed by atoms with Crippen LogP contribution in [-0.4, -0.2) is 0 Å². The number of benzene rings is 2. The summed E-state index contributed by atoms with van der Waals surface area (Å²) in [5.41, 5.74) is 6.16. The van der Waals surface area contributed by atoms with Crippen molar-refractivity contribution in [2.24, 2.45) is 0 Å². The van der Waals surface area contributed by atoms with Crippen LogP contribution in [0.25, 0.3) is 0 Å². The molecule has 0 aliphatic carbocycles. The number of halogens is 4. The number of ether oxygens (including phenoxy) is 1. The summed E-state index contributed by atoms with van der Waals surface area (Å²) < 4.78 is 20.1. The molecule has 0 saturated carbocycles. The molecule has 0 unspecified atom stereocenters. The van der Waals surface area contributed by atoms with Crippen molar-refractivity contribution >= 4 is 55.8 Å². The van der Waals surface area contributed by atoms with Crippen molar-refractivity contribution in [3.05, 3.63) is 49.2 Å². The fourth-order valence-corrected chi connectivity index (χ4v) is 2.56. The van der Waals surface area contributed by atoms with Gasteiger partial charge in [-0.05, 0) is 62.8 Å². The molecule has 0 bridgehead atoms. The Kier molecular flexibility index (Phi) is 4.34. The summed E-state index contributed by atoms with van der Waals surface area (Å²) in [6.45, 7) is 0. The number of rotatable bonds is 2. The van der Waals surface area contributed by atoms with Gasteiger partial charge in [-0.3, -0.25) is 0 Å². The highest BCUT2D eigenvalue weighted by Gasteiger charge is 2.10. The van der Waals surface area contributed by atoms with E-state index < -0.39 is 0 Å². The summed E-state index contributed by atoms with van der Waals surface area (Å²) in [6, 6.07) is 7.84. The van der Waals surface area contributed by atoms with Crippen LogP contribution < -0.4 is 10.5 Å². The first-order chi connectivity index (χ1) is 8.47. The van der Waals surface area contributed by atoms with E-state index >= 15 is 0 Å². The van der Waals surface area contributed by atoms with E-state index in [1.807, 2.05) is 22.6 Å². The van der Waals surface area contributed by atoms with E-state index in [1.54, 1.807) is 18.2 Å². The van der Waals surface area contributed by atoms with Crippen LogP contribution in [0, 0.1) is 9.39 Å². The Balaban J connectivity index is 2.37. The van der Waals surface area contributed by atoms with E-state index in [-0.39, 0.29) is 11.6 Å². The molecule has 0 heterocycles. The van der Waals surface area contributed by atoms with Gasteiger partial charge in [0, 0.05) is 11.1 Å². The van der Waals surface area contributed by atoms with Crippen LogP contribution in [0.15, 0.2) is 34.8 Å². The Morgan fingerprint density at radius 1 is 1.22 bits per heavy atom. The molecule has 2 rings (SSSR count). The van der Waals surface area contributed by atoms with Gasteiger partial charge in [0.15, 0.2) is 5.75 Å². The number of nitrogen functional groups attached to an aromatic ring is 1. The normalized spacial score (nSPS) is 10.4. The van der Waals surface area contributed by atoms with Crippen LogP contribution >= 0.6 is 50.1 Å². The van der Waals surface area contributed by atoms with Gasteiger partial charge in [-0.25, -0.2) is 4.39 Å². The molecule has 2 aromatic rings. The molecule has 0 aliphatic heterocycles. The molecule has 0 saturated heterocycles. The molecule has 94 valence electrons. The van der Waals surface area contributed by atoms with Crippen molar-refractivity contribution in [3.63, 3.8) is 0 Å². The molecule has 2 N–H and O–H groups in total. The maximum absolute atomic E-state index is 13.5. The molecule has 0 aliphatic rings. The summed E-state index contributed by atoms with van der Waals surface area (Å²) in [5.74, 6) is 0.424. The third-order valence-corrected chi connectivity index (χ3v) is 3.85. The van der Waals surface area contributed by atoms with Gasteiger partial charge >= 0.3 is 0 Å². The van der Waals surface area contributed by atoms with Gasteiger partial charge in [0.05, 0.1) is 13.7 Å². The summed E-state index contributed by atoms with van der Waals surface area (Å²) in [6.07, 6.45) is 0. The quantitative estimate of drug-likeness (QED) is 0.511. The van der Waals surface area contributed by atoms with E-state index in [2.05, 4.69) is 15.9 Å². The molecule has 0 fully saturated rings. The Hall–Kier alpha value is -0.530. The Bertz CT molecular complexity index is 609. The molecular formula is C12H7BrClFINO. The highest BCUT2D eigenvalue weighted by Crippen LogP contribution is 2.35. The van der Waals surface area contributed by atoms with Gasteiger partial charge in [0.1, 0.15) is 11.6 Å². The highest BCUT2D eigenvalue weighted by atomic mass is 127. The number of anilines is 1. The first kappa shape index (κ1) is 13.9. The summed E-state index contributed by atoms with van der Waals surface area (Å²) in [5, 5.41) is 0.580. The second-order valence-electron chi connectivity index (χ2n) is 3.48. The topological polar surface area (TPSA) is 35.2 Å². The van der Waals surface area contributed by atoms with Gasteiger partial charge in [-0.15, -0.1) is 0 Å². The Labute approximate surface area is 131 Å². The molecule has 2 nitrogen and oxygen atoms in total. The van der Waals surface area contributed by atoms with Gasteiger partial charge in [0.25, 0.3) is 0 Å². The van der Waals surface area contributed by atoms with E-state index in [9.17, 15) is 4.39 Å². The van der Waals surface area contributed by atoms with Crippen LogP contribution in [0.4, 0.5) is 10.1 Å². The summed E-state index contributed by atoms with van der Waals surface area (Å²) >= 11 is 11.0. The Morgan fingerprint density at radius 3 is 2.61 bits per heavy atom. The minimum Gasteiger partial charge on any atom is -0.454 e. The molecule has 0 amide bonds. The standard InChI is InChI=1S/C12H7BrClFINO/c13-7-3-6(14)1-2-11(7)18-12-4-8(15)9(16)5-10(12)17/h1-5H,17H2. The zero-order valence-corrected chi connectivity index (χ0v) is 13.4. The minimum absolute atomic E-state index is 0.274. The van der Waals surface area contributed by atoms with E-state index in [0.29, 0.717) is 24.5 Å².